The molecule has 3 heterocycles. The topological polar surface area (TPSA) is 89.8 Å². The molecule has 4 aromatic rings. The summed E-state index contributed by atoms with van der Waals surface area (Å²) in [7, 11) is 2.68. The number of aromatic nitrogens is 5. The SMILES string of the molecule is CNc1c2c(C(F)(F)F)nc(Nc3ccc(OC)nc3)nc2nn1-c1c(Cl)cc(C(F)(F)F)cc1Cl. The molecule has 0 radical (unpaired) electrons. The van der Waals surface area contributed by atoms with Crippen molar-refractivity contribution in [1.29, 1.82) is 0 Å². The maximum atomic E-state index is 14.0. The standard InChI is InChI=1S/C20H13Cl2F6N7O/c1-29-17-13-15(20(26,27)28)32-18(31-9-3-4-12(36-2)30-7-9)33-16(13)34-35(17)14-10(21)5-8(6-11(14)22)19(23,24)25/h3-7,29H,1-2H3,(H,31,33,34). The highest BCUT2D eigenvalue weighted by Crippen LogP contribution is 2.42. The first-order valence-corrected chi connectivity index (χ1v) is 10.5. The van der Waals surface area contributed by atoms with Crippen LogP contribution >= 0.6 is 23.2 Å². The molecule has 3 aromatic heterocycles. The molecule has 2 N–H and O–H groups in total. The van der Waals surface area contributed by atoms with Crippen LogP contribution in [0.5, 0.6) is 5.88 Å². The van der Waals surface area contributed by atoms with Gasteiger partial charge in [0.2, 0.25) is 11.8 Å². The molecule has 0 unspecified atom stereocenters. The zero-order valence-corrected chi connectivity index (χ0v) is 19.6. The highest BCUT2D eigenvalue weighted by Gasteiger charge is 2.39. The van der Waals surface area contributed by atoms with E-state index in [2.05, 4.69) is 30.7 Å². The number of alkyl halides is 6. The molecule has 0 atom stereocenters. The zero-order valence-electron chi connectivity index (χ0n) is 18.1. The molecule has 190 valence electrons. The third-order valence-electron chi connectivity index (χ3n) is 4.80. The van der Waals surface area contributed by atoms with Crippen LogP contribution in [0.15, 0.2) is 30.5 Å². The van der Waals surface area contributed by atoms with Crippen molar-refractivity contribution in [3.05, 3.63) is 51.8 Å². The number of nitrogens with zero attached hydrogens (tertiary/aromatic N) is 5. The van der Waals surface area contributed by atoms with Crippen molar-refractivity contribution >= 4 is 51.7 Å². The van der Waals surface area contributed by atoms with Crippen LogP contribution in [0.3, 0.4) is 0 Å². The Bertz CT molecular complexity index is 1410. The van der Waals surface area contributed by atoms with Crippen LogP contribution in [0.4, 0.5) is 43.8 Å². The zero-order chi connectivity index (χ0) is 26.4. The molecule has 0 amide bonds. The van der Waals surface area contributed by atoms with Crippen molar-refractivity contribution in [1.82, 2.24) is 24.7 Å². The average Bonchev–Trinajstić information content (AvgIpc) is 3.15. The van der Waals surface area contributed by atoms with E-state index in [1.807, 2.05) is 0 Å². The van der Waals surface area contributed by atoms with Crippen LogP contribution in [-0.2, 0) is 12.4 Å². The van der Waals surface area contributed by atoms with Crippen LogP contribution in [0.25, 0.3) is 16.7 Å². The lowest BCUT2D eigenvalue weighted by Crippen LogP contribution is -2.12. The van der Waals surface area contributed by atoms with E-state index in [1.165, 1.54) is 32.5 Å². The number of halogens is 8. The summed E-state index contributed by atoms with van der Waals surface area (Å²) >= 11 is 12.1. The lowest BCUT2D eigenvalue weighted by molar-refractivity contribution is -0.140. The minimum atomic E-state index is -4.96. The minimum Gasteiger partial charge on any atom is -0.481 e. The number of hydrogen-bond donors (Lipinski definition) is 2. The van der Waals surface area contributed by atoms with Crippen molar-refractivity contribution in [2.45, 2.75) is 12.4 Å². The van der Waals surface area contributed by atoms with Gasteiger partial charge in [0.05, 0.1) is 40.0 Å². The Morgan fingerprint density at radius 1 is 0.972 bits per heavy atom. The molecule has 36 heavy (non-hydrogen) atoms. The first-order valence-electron chi connectivity index (χ1n) is 9.73. The van der Waals surface area contributed by atoms with Gasteiger partial charge in [-0.05, 0) is 18.2 Å². The summed E-state index contributed by atoms with van der Waals surface area (Å²) in [6, 6.07) is 4.13. The highest BCUT2D eigenvalue weighted by atomic mass is 35.5. The quantitative estimate of drug-likeness (QED) is 0.279. The summed E-state index contributed by atoms with van der Waals surface area (Å²) in [5.74, 6) is -0.479. The van der Waals surface area contributed by atoms with Gasteiger partial charge in [-0.3, -0.25) is 0 Å². The van der Waals surface area contributed by atoms with Crippen LogP contribution < -0.4 is 15.4 Å². The van der Waals surface area contributed by atoms with E-state index in [-0.39, 0.29) is 23.1 Å². The fourth-order valence-corrected chi connectivity index (χ4v) is 3.93. The monoisotopic (exact) mass is 551 g/mol. The number of nitrogens with one attached hydrogen (secondary N) is 2. The fraction of sp³-hybridized carbons (Fsp3) is 0.200. The van der Waals surface area contributed by atoms with Crippen LogP contribution in [0.1, 0.15) is 11.3 Å². The Morgan fingerprint density at radius 2 is 1.64 bits per heavy atom. The van der Waals surface area contributed by atoms with Crippen LogP contribution in [0, 0.1) is 0 Å². The molecule has 8 nitrogen and oxygen atoms in total. The maximum absolute atomic E-state index is 14.0. The number of pyridine rings is 1. The third kappa shape index (κ3) is 4.78. The van der Waals surface area contributed by atoms with E-state index in [0.717, 1.165) is 4.68 Å². The predicted octanol–water partition coefficient (Wildman–Crippen LogP) is 6.35. The molecule has 0 saturated heterocycles. The first kappa shape index (κ1) is 25.6. The van der Waals surface area contributed by atoms with Gasteiger partial charge in [-0.15, -0.1) is 5.10 Å². The van der Waals surface area contributed by atoms with Crippen molar-refractivity contribution in [3.8, 4) is 11.6 Å². The molecule has 0 fully saturated rings. The average molecular weight is 552 g/mol. The van der Waals surface area contributed by atoms with Crippen molar-refractivity contribution < 1.29 is 31.1 Å². The summed E-state index contributed by atoms with van der Waals surface area (Å²) < 4.78 is 87.2. The lowest BCUT2D eigenvalue weighted by Gasteiger charge is -2.14. The molecule has 0 spiro atoms. The van der Waals surface area contributed by atoms with E-state index in [1.54, 1.807) is 0 Å². The van der Waals surface area contributed by atoms with Crippen LogP contribution in [0.2, 0.25) is 10.0 Å². The second-order valence-electron chi connectivity index (χ2n) is 7.10. The smallest absolute Gasteiger partial charge is 0.434 e. The van der Waals surface area contributed by atoms with E-state index in [0.29, 0.717) is 12.1 Å². The van der Waals surface area contributed by atoms with Crippen molar-refractivity contribution in [2.24, 2.45) is 0 Å². The number of anilines is 3. The molecule has 0 aliphatic carbocycles. The van der Waals surface area contributed by atoms with Gasteiger partial charge < -0.3 is 15.4 Å². The van der Waals surface area contributed by atoms with Crippen LogP contribution in [-0.4, -0.2) is 38.9 Å². The van der Waals surface area contributed by atoms with Gasteiger partial charge in [-0.25, -0.2) is 14.6 Å². The third-order valence-corrected chi connectivity index (χ3v) is 5.37. The molecule has 0 saturated carbocycles. The summed E-state index contributed by atoms with van der Waals surface area (Å²) in [6.07, 6.45) is -8.42. The van der Waals surface area contributed by atoms with Gasteiger partial charge in [-0.2, -0.15) is 31.3 Å². The van der Waals surface area contributed by atoms with Gasteiger partial charge in [-0.1, -0.05) is 23.2 Å². The van der Waals surface area contributed by atoms with E-state index in [4.69, 9.17) is 27.9 Å². The molecule has 1 aromatic carbocycles. The van der Waals surface area contributed by atoms with Gasteiger partial charge in [0, 0.05) is 13.1 Å². The van der Waals surface area contributed by atoms with Gasteiger partial charge >= 0.3 is 12.4 Å². The normalized spacial score (nSPS) is 12.2. The Morgan fingerprint density at radius 3 is 2.14 bits per heavy atom. The van der Waals surface area contributed by atoms with E-state index in [9.17, 15) is 26.3 Å². The summed E-state index contributed by atoms with van der Waals surface area (Å²) in [4.78, 5) is 11.6. The Labute approximate surface area is 208 Å². The minimum absolute atomic E-state index is 0.255. The van der Waals surface area contributed by atoms with Crippen molar-refractivity contribution in [3.63, 3.8) is 0 Å². The van der Waals surface area contributed by atoms with Gasteiger partial charge in [0.15, 0.2) is 11.3 Å². The summed E-state index contributed by atoms with van der Waals surface area (Å²) in [6.45, 7) is 0. The maximum Gasteiger partial charge on any atom is 0.434 e. The highest BCUT2D eigenvalue weighted by molar-refractivity contribution is 6.38. The van der Waals surface area contributed by atoms with Gasteiger partial charge in [0.1, 0.15) is 11.5 Å². The van der Waals surface area contributed by atoms with Gasteiger partial charge in [0.25, 0.3) is 0 Å². The summed E-state index contributed by atoms with van der Waals surface area (Å²) in [5, 5.41) is 7.66. The number of benzene rings is 1. The second kappa shape index (κ2) is 9.17. The molecule has 0 aliphatic heterocycles. The molecule has 0 aliphatic rings. The Kier molecular flexibility index (Phi) is 6.51. The second-order valence-corrected chi connectivity index (χ2v) is 7.92. The first-order chi connectivity index (χ1) is 16.8. The number of fused-ring (bicyclic) bond motifs is 1. The Balaban J connectivity index is 1.92. The Hall–Kier alpha value is -3.52. The number of rotatable bonds is 5. The summed E-state index contributed by atoms with van der Waals surface area (Å²) in [5.41, 5.74) is -2.95. The molecule has 4 rings (SSSR count). The molecule has 16 heteroatoms. The molecule has 0 bridgehead atoms. The number of hydrogen-bond acceptors (Lipinski definition) is 7. The number of ether oxygens (including phenoxy) is 1. The van der Waals surface area contributed by atoms with Crippen molar-refractivity contribution in [2.75, 3.05) is 24.8 Å². The lowest BCUT2D eigenvalue weighted by atomic mass is 10.2. The van der Waals surface area contributed by atoms with E-state index < -0.39 is 50.6 Å². The molecular weight excluding hydrogens is 539 g/mol. The predicted molar refractivity (Wildman–Crippen MR) is 120 cm³/mol. The molecular formula is C20H13Cl2F6N7O. The largest absolute Gasteiger partial charge is 0.481 e. The number of methoxy groups -OCH3 is 1. The fourth-order valence-electron chi connectivity index (χ4n) is 3.28. The van der Waals surface area contributed by atoms with E-state index >= 15 is 0 Å².